The van der Waals surface area contributed by atoms with E-state index in [1.165, 1.54) is 18.2 Å². The van der Waals surface area contributed by atoms with Gasteiger partial charge in [0.25, 0.3) is 23.6 Å². The number of piperidine rings is 2. The molecule has 3 fully saturated rings. The zero-order chi connectivity index (χ0) is 43.3. The van der Waals surface area contributed by atoms with Gasteiger partial charge in [-0.3, -0.25) is 43.8 Å². The highest BCUT2D eigenvalue weighted by atomic mass is 16.5. The number of nitrogens with one attached hydrogen (secondary N) is 4. The van der Waals surface area contributed by atoms with Crippen LogP contribution in [0, 0.1) is 12.8 Å². The van der Waals surface area contributed by atoms with Crippen molar-refractivity contribution in [2.24, 2.45) is 5.92 Å². The Labute approximate surface area is 356 Å². The smallest absolute Gasteiger partial charge is 0.270 e. The Balaban J connectivity index is 0.699. The van der Waals surface area contributed by atoms with Crippen molar-refractivity contribution < 1.29 is 38.3 Å². The molecular formula is C43H49N11O8. The molecule has 3 aliphatic heterocycles. The fraction of sp³-hybridized carbons (Fsp3) is 0.465. The highest BCUT2D eigenvalue weighted by molar-refractivity contribution is 6.24. The average Bonchev–Trinajstić information content (AvgIpc) is 3.79. The Morgan fingerprint density at radius 2 is 1.73 bits per heavy atom. The fourth-order valence-corrected chi connectivity index (χ4v) is 8.50. The molecule has 1 saturated carbocycles. The van der Waals surface area contributed by atoms with Crippen molar-refractivity contribution in [3.05, 3.63) is 71.6 Å². The van der Waals surface area contributed by atoms with E-state index in [-0.39, 0.29) is 60.2 Å². The molecule has 1 unspecified atom stereocenters. The van der Waals surface area contributed by atoms with Crippen LogP contribution in [0.3, 0.4) is 0 Å². The number of benzene rings is 1. The first kappa shape index (κ1) is 41.9. The number of amides is 7. The van der Waals surface area contributed by atoms with Crippen LogP contribution < -0.4 is 26.0 Å². The highest BCUT2D eigenvalue weighted by Crippen LogP contribution is 2.36. The third-order valence-electron chi connectivity index (χ3n) is 12.0. The van der Waals surface area contributed by atoms with E-state index in [1.54, 1.807) is 18.7 Å². The normalized spacial score (nSPS) is 20.1. The van der Waals surface area contributed by atoms with E-state index in [1.807, 2.05) is 24.0 Å². The van der Waals surface area contributed by atoms with Crippen LogP contribution in [0.4, 0.5) is 5.82 Å². The summed E-state index contributed by atoms with van der Waals surface area (Å²) in [6, 6.07) is 9.00. The Kier molecular flexibility index (Phi) is 12.5. The van der Waals surface area contributed by atoms with Crippen molar-refractivity contribution in [3.8, 4) is 5.75 Å². The van der Waals surface area contributed by atoms with Crippen molar-refractivity contribution in [1.82, 2.24) is 50.3 Å². The Hall–Kier alpha value is -6.79. The summed E-state index contributed by atoms with van der Waals surface area (Å²) in [5.41, 5.74) is 2.73. The van der Waals surface area contributed by atoms with Gasteiger partial charge >= 0.3 is 0 Å². The summed E-state index contributed by atoms with van der Waals surface area (Å²) >= 11 is 0. The number of fused-ring (bicyclic) bond motifs is 2. The largest absolute Gasteiger partial charge is 0.483 e. The maximum Gasteiger partial charge on any atom is 0.270 e. The van der Waals surface area contributed by atoms with E-state index in [9.17, 15) is 33.6 Å². The first-order chi connectivity index (χ1) is 30.0. The van der Waals surface area contributed by atoms with Crippen LogP contribution in [-0.2, 0) is 19.2 Å². The Bertz CT molecular complexity index is 2410. The molecule has 19 heteroatoms. The minimum absolute atomic E-state index is 0.00970. The van der Waals surface area contributed by atoms with Crippen LogP contribution in [0.15, 0.2) is 49.1 Å². The summed E-state index contributed by atoms with van der Waals surface area (Å²) in [6.45, 7) is 3.94. The predicted molar refractivity (Wildman–Crippen MR) is 222 cm³/mol. The van der Waals surface area contributed by atoms with Gasteiger partial charge in [0.05, 0.1) is 17.5 Å². The summed E-state index contributed by atoms with van der Waals surface area (Å²) in [5, 5.41) is 11.5. The maximum absolute atomic E-state index is 13.2. The zero-order valence-electron chi connectivity index (χ0n) is 34.4. The van der Waals surface area contributed by atoms with Crippen molar-refractivity contribution in [2.75, 3.05) is 38.1 Å². The van der Waals surface area contributed by atoms with Crippen molar-refractivity contribution in [1.29, 1.82) is 0 Å². The minimum atomic E-state index is -1.10. The lowest BCUT2D eigenvalue weighted by Crippen LogP contribution is -2.54. The minimum Gasteiger partial charge on any atom is -0.483 e. The second-order valence-corrected chi connectivity index (χ2v) is 16.3. The highest BCUT2D eigenvalue weighted by Gasteiger charge is 2.46. The third-order valence-corrected chi connectivity index (χ3v) is 12.0. The molecule has 0 bridgehead atoms. The van der Waals surface area contributed by atoms with Crippen molar-refractivity contribution in [2.45, 2.75) is 89.3 Å². The molecule has 4 aliphatic rings. The number of hydrogen-bond donors (Lipinski definition) is 4. The number of hydrogen-bond acceptors (Lipinski definition) is 13. The van der Waals surface area contributed by atoms with E-state index in [4.69, 9.17) is 4.74 Å². The molecule has 2 saturated heterocycles. The number of carbonyl (C=O) groups excluding carboxylic acids is 7. The van der Waals surface area contributed by atoms with Gasteiger partial charge in [0, 0.05) is 56.8 Å². The molecule has 1 aliphatic carbocycles. The average molecular weight is 848 g/mol. The summed E-state index contributed by atoms with van der Waals surface area (Å²) in [7, 11) is 0. The number of ether oxygens (including phenoxy) is 1. The lowest BCUT2D eigenvalue weighted by Gasteiger charge is -2.36. The summed E-state index contributed by atoms with van der Waals surface area (Å²) < 4.78 is 7.70. The number of nitrogens with zero attached hydrogens (tertiary/aromatic N) is 7. The number of aromatic nitrogens is 5. The van der Waals surface area contributed by atoms with Gasteiger partial charge in [0.15, 0.2) is 18.1 Å². The summed E-state index contributed by atoms with van der Waals surface area (Å²) in [6.07, 6.45) is 9.21. The molecule has 7 amide bonds. The van der Waals surface area contributed by atoms with Crippen molar-refractivity contribution in [3.63, 3.8) is 0 Å². The molecule has 1 aromatic carbocycles. The van der Waals surface area contributed by atoms with Crippen LogP contribution in [0.1, 0.15) is 107 Å². The number of pyridine rings is 1. The topological polar surface area (TPSA) is 240 Å². The number of rotatable bonds is 16. The van der Waals surface area contributed by atoms with Crippen LogP contribution in [0.5, 0.6) is 5.75 Å². The second kappa shape index (κ2) is 18.4. The lowest BCUT2D eigenvalue weighted by atomic mass is 9.86. The summed E-state index contributed by atoms with van der Waals surface area (Å²) in [5.74, 6) is -1.87. The third kappa shape index (κ3) is 9.11. The van der Waals surface area contributed by atoms with Gasteiger partial charge in [-0.1, -0.05) is 18.6 Å². The molecule has 324 valence electrons. The van der Waals surface area contributed by atoms with Crippen LogP contribution in [-0.4, -0.2) is 121 Å². The van der Waals surface area contributed by atoms with Crippen LogP contribution in [0.25, 0.3) is 11.2 Å². The number of unbranched alkanes of at least 4 members (excludes halogenated alkanes) is 2. The van der Waals surface area contributed by atoms with Gasteiger partial charge in [0.1, 0.15) is 29.3 Å². The van der Waals surface area contributed by atoms with Crippen LogP contribution in [0.2, 0.25) is 0 Å². The standard InChI is InChI=1S/C43H49N11O8/c1-25-7-5-9-30(49-25)40(58)50-27-19-28(20-27)53-24-48-37-38(46-23-47-39(37)53)45-21-26-14-17-52(18-15-26)35(57)11-3-2-4-16-44-34(56)22-62-32-10-6-8-29-36(32)43(61)54(42(29)60)31-12-13-33(55)51-41(31)59/h5-10,23-24,26-28,31H,2-4,11-22H2,1H3,(H,44,56)(H,50,58)(H,45,46,47)(H,51,55,59). The monoisotopic (exact) mass is 847 g/mol. The first-order valence-corrected chi connectivity index (χ1v) is 21.2. The molecule has 6 heterocycles. The van der Waals surface area contributed by atoms with E-state index >= 15 is 0 Å². The van der Waals surface area contributed by atoms with Gasteiger partial charge in [0.2, 0.25) is 17.7 Å². The van der Waals surface area contributed by atoms with Gasteiger partial charge < -0.3 is 30.2 Å². The van der Waals surface area contributed by atoms with Gasteiger partial charge in [-0.15, -0.1) is 0 Å². The molecule has 8 rings (SSSR count). The molecule has 4 N–H and O–H groups in total. The fourth-order valence-electron chi connectivity index (χ4n) is 8.50. The first-order valence-electron chi connectivity index (χ1n) is 21.2. The number of imidazole rings is 1. The van der Waals surface area contributed by atoms with Gasteiger partial charge in [-0.25, -0.2) is 19.9 Å². The second-order valence-electron chi connectivity index (χ2n) is 16.3. The van der Waals surface area contributed by atoms with Gasteiger partial charge in [-0.05, 0) is 82.1 Å². The van der Waals surface area contributed by atoms with E-state index in [0.29, 0.717) is 68.4 Å². The molecule has 19 nitrogen and oxygen atoms in total. The predicted octanol–water partition coefficient (Wildman–Crippen LogP) is 2.47. The number of likely N-dealkylation sites (tertiary alicyclic amines) is 1. The molecule has 0 radical (unpaired) electrons. The van der Waals surface area contributed by atoms with Crippen LogP contribution >= 0.6 is 0 Å². The lowest BCUT2D eigenvalue weighted by molar-refractivity contribution is -0.136. The molecular weight excluding hydrogens is 799 g/mol. The van der Waals surface area contributed by atoms with E-state index in [0.717, 1.165) is 48.3 Å². The summed E-state index contributed by atoms with van der Waals surface area (Å²) in [4.78, 5) is 109. The molecule has 3 aromatic heterocycles. The zero-order valence-corrected chi connectivity index (χ0v) is 34.4. The SMILES string of the molecule is Cc1cccc(C(=O)NC2CC(n3cnc4c(NCC5CCN(C(=O)CCCCCNC(=O)COc6cccc7c6C(=O)N(C6CCC(=O)NC6=O)C7=O)CC5)ncnc43)C2)n1. The Morgan fingerprint density at radius 1 is 0.919 bits per heavy atom. The molecule has 0 spiro atoms. The molecule has 62 heavy (non-hydrogen) atoms. The Morgan fingerprint density at radius 3 is 2.52 bits per heavy atom. The number of anilines is 1. The van der Waals surface area contributed by atoms with E-state index in [2.05, 4.69) is 45.8 Å². The van der Waals surface area contributed by atoms with Gasteiger partial charge in [-0.2, -0.15) is 0 Å². The molecule has 1 atom stereocenters. The van der Waals surface area contributed by atoms with E-state index < -0.39 is 35.6 Å². The number of carbonyl (C=O) groups is 7. The number of aryl methyl sites for hydroxylation is 1. The maximum atomic E-state index is 13.2. The quantitative estimate of drug-likeness (QED) is 0.0938. The number of imide groups is 2. The van der Waals surface area contributed by atoms with Crippen molar-refractivity contribution >= 4 is 58.3 Å². The molecule has 4 aromatic rings.